The summed E-state index contributed by atoms with van der Waals surface area (Å²) in [5.41, 5.74) is 0.904. The Morgan fingerprint density at radius 1 is 1.25 bits per heavy atom. The molecule has 0 bridgehead atoms. The predicted octanol–water partition coefficient (Wildman–Crippen LogP) is 2.31. The molecule has 6 nitrogen and oxygen atoms in total. The van der Waals surface area contributed by atoms with E-state index in [2.05, 4.69) is 4.98 Å². The summed E-state index contributed by atoms with van der Waals surface area (Å²) >= 11 is 0. The van der Waals surface area contributed by atoms with Crippen LogP contribution in [-0.2, 0) is 4.79 Å². The quantitative estimate of drug-likeness (QED) is 0.618. The van der Waals surface area contributed by atoms with E-state index in [9.17, 15) is 14.9 Å². The third-order valence-corrected chi connectivity index (χ3v) is 3.56. The third-order valence-electron chi connectivity index (χ3n) is 3.56. The number of rotatable bonds is 2. The minimum atomic E-state index is -0.408. The summed E-state index contributed by atoms with van der Waals surface area (Å²) < 4.78 is 0. The lowest BCUT2D eigenvalue weighted by molar-refractivity contribution is -0.383. The fourth-order valence-corrected chi connectivity index (χ4v) is 2.64. The molecule has 1 aromatic heterocycles. The molecule has 1 aliphatic heterocycles. The Hall–Kier alpha value is -2.50. The Morgan fingerprint density at radius 3 is 2.85 bits per heavy atom. The fourth-order valence-electron chi connectivity index (χ4n) is 2.64. The summed E-state index contributed by atoms with van der Waals surface area (Å²) in [7, 11) is 0. The minimum absolute atomic E-state index is 0.0418. The number of pyridine rings is 1. The molecular formula is C14H13N3O3. The van der Waals surface area contributed by atoms with Crippen LogP contribution in [0.3, 0.4) is 0 Å². The Balaban J connectivity index is 2.15. The van der Waals surface area contributed by atoms with Crippen LogP contribution in [0.1, 0.15) is 12.8 Å². The number of hydrogen-bond donors (Lipinski definition) is 0. The molecule has 0 saturated carbocycles. The summed E-state index contributed by atoms with van der Waals surface area (Å²) in [4.78, 5) is 28.2. The zero-order valence-electron chi connectivity index (χ0n) is 10.8. The van der Waals surface area contributed by atoms with Crippen molar-refractivity contribution in [3.05, 3.63) is 40.7 Å². The number of carbonyl (C=O) groups excluding carboxylic acids is 1. The summed E-state index contributed by atoms with van der Waals surface area (Å²) in [5, 5.41) is 12.3. The van der Waals surface area contributed by atoms with Crippen LogP contribution in [0, 0.1) is 10.1 Å². The fraction of sp³-hybridized carbons (Fsp3) is 0.286. The zero-order valence-corrected chi connectivity index (χ0v) is 10.8. The van der Waals surface area contributed by atoms with Gasteiger partial charge in [0.05, 0.1) is 16.9 Å². The largest absolute Gasteiger partial charge is 0.364 e. The topological polar surface area (TPSA) is 76.3 Å². The molecule has 1 aromatic carbocycles. The monoisotopic (exact) mass is 271 g/mol. The van der Waals surface area contributed by atoms with Gasteiger partial charge in [0.2, 0.25) is 0 Å². The van der Waals surface area contributed by atoms with Crippen LogP contribution in [0.25, 0.3) is 10.8 Å². The van der Waals surface area contributed by atoms with Gasteiger partial charge in [-0.1, -0.05) is 0 Å². The van der Waals surface area contributed by atoms with Crippen LogP contribution < -0.4 is 4.90 Å². The molecule has 1 saturated heterocycles. The average molecular weight is 271 g/mol. The number of nitrogens with zero attached hydrogens (tertiary/aromatic N) is 3. The van der Waals surface area contributed by atoms with Crippen molar-refractivity contribution in [2.45, 2.75) is 12.8 Å². The number of Topliss-reactive ketones (excluding diaryl/α,β-unsaturated/α-hetero) is 1. The van der Waals surface area contributed by atoms with E-state index >= 15 is 0 Å². The van der Waals surface area contributed by atoms with Crippen LogP contribution in [0.15, 0.2) is 30.6 Å². The molecule has 0 radical (unpaired) electrons. The van der Waals surface area contributed by atoms with Crippen molar-refractivity contribution in [1.82, 2.24) is 4.98 Å². The van der Waals surface area contributed by atoms with Crippen LogP contribution in [0.2, 0.25) is 0 Å². The van der Waals surface area contributed by atoms with Gasteiger partial charge in [-0.05, 0) is 18.6 Å². The number of ketones is 1. The second-order valence-electron chi connectivity index (χ2n) is 4.85. The van der Waals surface area contributed by atoms with Gasteiger partial charge in [0, 0.05) is 42.5 Å². The maximum Gasteiger partial charge on any atom is 0.278 e. The Bertz CT molecular complexity index is 699. The molecule has 0 atom stereocenters. The van der Waals surface area contributed by atoms with E-state index in [1.165, 1.54) is 12.3 Å². The Kier molecular flexibility index (Phi) is 3.06. The number of benzene rings is 1. The molecule has 0 amide bonds. The maximum atomic E-state index is 11.6. The molecule has 2 heterocycles. The zero-order chi connectivity index (χ0) is 14.1. The number of nitro groups is 1. The number of fused-ring (bicyclic) bond motifs is 1. The highest BCUT2D eigenvalue weighted by Gasteiger charge is 2.21. The Labute approximate surface area is 115 Å². The van der Waals surface area contributed by atoms with Crippen LogP contribution in [-0.4, -0.2) is 28.8 Å². The molecule has 1 aliphatic rings. The number of anilines is 1. The molecule has 20 heavy (non-hydrogen) atoms. The van der Waals surface area contributed by atoms with Gasteiger partial charge in [0.25, 0.3) is 5.69 Å². The van der Waals surface area contributed by atoms with Crippen molar-refractivity contribution >= 4 is 27.9 Å². The molecule has 0 N–H and O–H groups in total. The molecule has 0 unspecified atom stereocenters. The number of carbonyl (C=O) groups is 1. The number of piperidine rings is 1. The third kappa shape index (κ3) is 2.09. The van der Waals surface area contributed by atoms with E-state index < -0.39 is 4.92 Å². The standard InChI is InChI=1S/C14H13N3O3/c18-10-2-1-7-16(9-10)13-3-4-14(17(19)20)12-8-15-6-5-11(12)13/h3-6,8H,1-2,7,9H2. The summed E-state index contributed by atoms with van der Waals surface area (Å²) in [6.07, 6.45) is 4.55. The van der Waals surface area contributed by atoms with Crippen molar-refractivity contribution in [3.8, 4) is 0 Å². The van der Waals surface area contributed by atoms with Gasteiger partial charge in [-0.25, -0.2) is 0 Å². The van der Waals surface area contributed by atoms with E-state index in [1.54, 1.807) is 18.3 Å². The first-order valence-corrected chi connectivity index (χ1v) is 6.44. The first kappa shape index (κ1) is 12.5. The summed E-state index contributed by atoms with van der Waals surface area (Å²) in [6, 6.07) is 4.97. The molecule has 3 rings (SSSR count). The predicted molar refractivity (Wildman–Crippen MR) is 74.9 cm³/mol. The molecule has 2 aromatic rings. The van der Waals surface area contributed by atoms with Crippen LogP contribution >= 0.6 is 0 Å². The normalized spacial score (nSPS) is 15.6. The van der Waals surface area contributed by atoms with E-state index in [4.69, 9.17) is 0 Å². The smallest absolute Gasteiger partial charge is 0.278 e. The lowest BCUT2D eigenvalue weighted by Crippen LogP contribution is -2.35. The number of nitro benzene ring substituents is 1. The molecular weight excluding hydrogens is 258 g/mol. The Morgan fingerprint density at radius 2 is 2.10 bits per heavy atom. The van der Waals surface area contributed by atoms with E-state index in [-0.39, 0.29) is 11.5 Å². The van der Waals surface area contributed by atoms with Gasteiger partial charge in [-0.3, -0.25) is 19.9 Å². The summed E-state index contributed by atoms with van der Waals surface area (Å²) in [6.45, 7) is 1.16. The van der Waals surface area contributed by atoms with Crippen molar-refractivity contribution in [2.75, 3.05) is 18.0 Å². The lowest BCUT2D eigenvalue weighted by Gasteiger charge is -2.28. The second-order valence-corrected chi connectivity index (χ2v) is 4.85. The summed E-state index contributed by atoms with van der Waals surface area (Å²) in [5.74, 6) is 0.205. The molecule has 6 heteroatoms. The van der Waals surface area contributed by atoms with Gasteiger partial charge < -0.3 is 4.90 Å². The van der Waals surface area contributed by atoms with E-state index in [1.807, 2.05) is 4.90 Å². The van der Waals surface area contributed by atoms with E-state index in [0.29, 0.717) is 18.4 Å². The number of non-ortho nitro benzene ring substituents is 1. The SMILES string of the molecule is O=C1CCCN(c2ccc([N+](=O)[O-])c3cnccc23)C1. The van der Waals surface area contributed by atoms with Crippen molar-refractivity contribution in [1.29, 1.82) is 0 Å². The van der Waals surface area contributed by atoms with Gasteiger partial charge in [0.15, 0.2) is 5.78 Å². The molecule has 0 aliphatic carbocycles. The highest BCUT2D eigenvalue weighted by Crippen LogP contribution is 2.33. The number of aromatic nitrogens is 1. The van der Waals surface area contributed by atoms with Gasteiger partial charge >= 0.3 is 0 Å². The van der Waals surface area contributed by atoms with E-state index in [0.717, 1.165) is 24.0 Å². The molecule has 102 valence electrons. The molecule has 0 spiro atoms. The highest BCUT2D eigenvalue weighted by molar-refractivity contribution is 6.00. The van der Waals surface area contributed by atoms with Gasteiger partial charge in [-0.2, -0.15) is 0 Å². The maximum absolute atomic E-state index is 11.6. The lowest BCUT2D eigenvalue weighted by atomic mass is 10.0. The highest BCUT2D eigenvalue weighted by atomic mass is 16.6. The van der Waals surface area contributed by atoms with Gasteiger partial charge in [0.1, 0.15) is 0 Å². The van der Waals surface area contributed by atoms with Crippen LogP contribution in [0.4, 0.5) is 11.4 Å². The van der Waals surface area contributed by atoms with Gasteiger partial charge in [-0.15, -0.1) is 0 Å². The van der Waals surface area contributed by atoms with Crippen molar-refractivity contribution in [3.63, 3.8) is 0 Å². The first-order chi connectivity index (χ1) is 9.66. The first-order valence-electron chi connectivity index (χ1n) is 6.44. The minimum Gasteiger partial charge on any atom is -0.364 e. The number of hydrogen-bond acceptors (Lipinski definition) is 5. The van der Waals surface area contributed by atoms with Crippen molar-refractivity contribution in [2.24, 2.45) is 0 Å². The van der Waals surface area contributed by atoms with Crippen LogP contribution in [0.5, 0.6) is 0 Å². The average Bonchev–Trinajstić information content (AvgIpc) is 2.46. The van der Waals surface area contributed by atoms with Crippen molar-refractivity contribution < 1.29 is 9.72 Å². The second kappa shape index (κ2) is 4.88. The molecule has 1 fully saturated rings.